The Bertz CT molecular complexity index is 212. The van der Waals surface area contributed by atoms with Crippen molar-refractivity contribution in [3.63, 3.8) is 0 Å². The van der Waals surface area contributed by atoms with E-state index >= 15 is 0 Å². The molecule has 0 aliphatic heterocycles. The molecule has 0 amide bonds. The zero-order chi connectivity index (χ0) is 9.00. The first-order valence-corrected chi connectivity index (χ1v) is 4.19. The summed E-state index contributed by atoms with van der Waals surface area (Å²) in [6.45, 7) is 0. The first kappa shape index (κ1) is 36.4. The Morgan fingerprint density at radius 3 is 0.571 bits per heavy atom. The SMILES string of the molecule is O.O.O=S(=O)(O)O.O=S(=O)(O)O.[AlH3].[AlH3]. The molecule has 14 heavy (non-hydrogen) atoms. The van der Waals surface area contributed by atoms with Gasteiger partial charge in [-0.1, -0.05) is 0 Å². The number of rotatable bonds is 0. The third kappa shape index (κ3) is 3330. The van der Waals surface area contributed by atoms with Gasteiger partial charge in [0.05, 0.1) is 0 Å². The lowest BCUT2D eigenvalue weighted by molar-refractivity contribution is 0.378. The van der Waals surface area contributed by atoms with Crippen molar-refractivity contribution in [1.82, 2.24) is 0 Å². The Morgan fingerprint density at radius 2 is 0.571 bits per heavy atom. The van der Waals surface area contributed by atoms with Crippen LogP contribution in [0.4, 0.5) is 0 Å². The minimum atomic E-state index is -4.67. The summed E-state index contributed by atoms with van der Waals surface area (Å²) in [5, 5.41) is 0. The van der Waals surface area contributed by atoms with Gasteiger partial charge < -0.3 is 11.0 Å². The largest absolute Gasteiger partial charge is 0.412 e. The average Bonchev–Trinajstić information content (AvgIpc) is 1.12. The van der Waals surface area contributed by atoms with E-state index in [9.17, 15) is 0 Å². The van der Waals surface area contributed by atoms with E-state index in [1.165, 1.54) is 0 Å². The average molecular weight is 292 g/mol. The smallest absolute Gasteiger partial charge is 0.394 e. The van der Waals surface area contributed by atoms with E-state index in [0.717, 1.165) is 0 Å². The van der Waals surface area contributed by atoms with Crippen LogP contribution in [0.2, 0.25) is 0 Å². The van der Waals surface area contributed by atoms with Gasteiger partial charge in [0.25, 0.3) is 0 Å². The Balaban J connectivity index is -0.0000000178. The molecular formula is H14Al2O10S2. The Kier molecular flexibility index (Phi) is 35.7. The van der Waals surface area contributed by atoms with E-state index in [0.29, 0.717) is 0 Å². The van der Waals surface area contributed by atoms with E-state index in [4.69, 9.17) is 35.0 Å². The van der Waals surface area contributed by atoms with Gasteiger partial charge in [-0.2, -0.15) is 16.8 Å². The number of hydrogen-bond donors (Lipinski definition) is 4. The summed E-state index contributed by atoms with van der Waals surface area (Å²) in [6, 6.07) is 0. The fourth-order valence-corrected chi connectivity index (χ4v) is 0. The van der Waals surface area contributed by atoms with Crippen LogP contribution in [0.15, 0.2) is 0 Å². The lowest BCUT2D eigenvalue weighted by Gasteiger charge is -1.68. The first-order valence-electron chi connectivity index (χ1n) is 1.40. The second-order valence-corrected chi connectivity index (χ2v) is 2.69. The molecule has 10 nitrogen and oxygen atoms in total. The zero-order valence-electron chi connectivity index (χ0n) is 5.24. The third-order valence-electron chi connectivity index (χ3n) is 0. The summed E-state index contributed by atoms with van der Waals surface area (Å²) < 4.78 is 63.2. The summed E-state index contributed by atoms with van der Waals surface area (Å²) >= 11 is 0. The van der Waals surface area contributed by atoms with Gasteiger partial charge in [-0.15, -0.1) is 0 Å². The summed E-state index contributed by atoms with van der Waals surface area (Å²) in [5.41, 5.74) is 0. The predicted molar refractivity (Wildman–Crippen MR) is 55.5 cm³/mol. The molecule has 0 aromatic carbocycles. The monoisotopic (exact) mass is 292 g/mol. The van der Waals surface area contributed by atoms with Crippen LogP contribution in [0.1, 0.15) is 0 Å². The molecule has 0 saturated carbocycles. The highest BCUT2D eigenvalue weighted by Crippen LogP contribution is 1.59. The first-order chi connectivity index (χ1) is 4.00. The molecular weight excluding hydrogens is 278 g/mol. The van der Waals surface area contributed by atoms with Crippen LogP contribution < -0.4 is 0 Å². The summed E-state index contributed by atoms with van der Waals surface area (Å²) in [7, 11) is -9.33. The van der Waals surface area contributed by atoms with Crippen LogP contribution in [-0.4, -0.2) is 80.7 Å². The van der Waals surface area contributed by atoms with Crippen molar-refractivity contribution in [3.8, 4) is 0 Å². The maximum atomic E-state index is 8.74. The predicted octanol–water partition coefficient (Wildman–Crippen LogP) is -5.32. The van der Waals surface area contributed by atoms with Crippen molar-refractivity contribution in [1.29, 1.82) is 0 Å². The molecule has 0 aliphatic rings. The molecule has 0 fully saturated rings. The van der Waals surface area contributed by atoms with Gasteiger partial charge >= 0.3 is 20.8 Å². The molecule has 0 bridgehead atoms. The van der Waals surface area contributed by atoms with Crippen LogP contribution in [0.3, 0.4) is 0 Å². The molecule has 0 atom stereocenters. The Morgan fingerprint density at radius 1 is 0.571 bits per heavy atom. The molecule has 0 spiro atoms. The lowest BCUT2D eigenvalue weighted by atomic mass is 15.8. The van der Waals surface area contributed by atoms with E-state index in [-0.39, 0.29) is 45.7 Å². The van der Waals surface area contributed by atoms with E-state index < -0.39 is 20.8 Å². The maximum absolute atomic E-state index is 8.74. The minimum absolute atomic E-state index is 0. The third-order valence-corrected chi connectivity index (χ3v) is 0. The van der Waals surface area contributed by atoms with Gasteiger partial charge in [0.1, 0.15) is 0 Å². The molecule has 0 saturated heterocycles. The van der Waals surface area contributed by atoms with Crippen LogP contribution >= 0.6 is 0 Å². The van der Waals surface area contributed by atoms with E-state index in [1.54, 1.807) is 0 Å². The molecule has 0 unspecified atom stereocenters. The highest BCUT2D eigenvalue weighted by molar-refractivity contribution is 7.80. The summed E-state index contributed by atoms with van der Waals surface area (Å²) in [5.74, 6) is 0. The van der Waals surface area contributed by atoms with Crippen molar-refractivity contribution in [2.45, 2.75) is 0 Å². The van der Waals surface area contributed by atoms with Gasteiger partial charge in [-0.25, -0.2) is 0 Å². The molecule has 0 rings (SSSR count). The van der Waals surface area contributed by atoms with Gasteiger partial charge in [0.15, 0.2) is 34.7 Å². The van der Waals surface area contributed by atoms with Gasteiger partial charge in [0, 0.05) is 0 Å². The maximum Gasteiger partial charge on any atom is 0.394 e. The fraction of sp³-hybridized carbons (Fsp3) is 0. The van der Waals surface area contributed by atoms with Crippen molar-refractivity contribution >= 4 is 55.5 Å². The van der Waals surface area contributed by atoms with Crippen LogP contribution in [0, 0.1) is 0 Å². The molecule has 0 aliphatic carbocycles. The summed E-state index contributed by atoms with van der Waals surface area (Å²) in [6.07, 6.45) is 0. The van der Waals surface area contributed by atoms with Crippen LogP contribution in [0.5, 0.6) is 0 Å². The minimum Gasteiger partial charge on any atom is -0.412 e. The molecule has 0 heterocycles. The zero-order valence-corrected chi connectivity index (χ0v) is 6.87. The standard InChI is InChI=1S/2Al.2H2O4S.2H2O.6H/c;;2*1-5(2,3)4;;;;;;;;/h;;2*(H2,1,2,3,4);2*1H2;;;;;;. The van der Waals surface area contributed by atoms with Crippen molar-refractivity contribution in [2.24, 2.45) is 0 Å². The van der Waals surface area contributed by atoms with Gasteiger partial charge in [-0.05, 0) is 0 Å². The second-order valence-electron chi connectivity index (χ2n) is 0.896. The second kappa shape index (κ2) is 13.7. The van der Waals surface area contributed by atoms with E-state index in [1.807, 2.05) is 0 Å². The molecule has 8 N–H and O–H groups in total. The molecule has 14 heteroatoms. The molecule has 0 aromatic heterocycles. The highest BCUT2D eigenvalue weighted by atomic mass is 32.3. The summed E-state index contributed by atoms with van der Waals surface area (Å²) in [4.78, 5) is 0. The van der Waals surface area contributed by atoms with Gasteiger partial charge in [0.2, 0.25) is 0 Å². The lowest BCUT2D eigenvalue weighted by Crippen LogP contribution is -1.89. The van der Waals surface area contributed by atoms with Crippen LogP contribution in [-0.2, 0) is 20.8 Å². The van der Waals surface area contributed by atoms with Crippen LogP contribution in [0.25, 0.3) is 0 Å². The highest BCUT2D eigenvalue weighted by Gasteiger charge is 1.85. The number of hydrogen-bond acceptors (Lipinski definition) is 4. The van der Waals surface area contributed by atoms with Gasteiger partial charge in [-0.3, -0.25) is 18.2 Å². The van der Waals surface area contributed by atoms with Crippen molar-refractivity contribution < 1.29 is 46.0 Å². The molecule has 92 valence electrons. The Labute approximate surface area is 101 Å². The van der Waals surface area contributed by atoms with Crippen molar-refractivity contribution in [3.05, 3.63) is 0 Å². The fourth-order valence-electron chi connectivity index (χ4n) is 0. The molecule has 0 aromatic rings. The normalized spacial score (nSPS) is 8.29. The Hall–Kier alpha value is 0.725. The van der Waals surface area contributed by atoms with E-state index in [2.05, 4.69) is 0 Å². The quantitative estimate of drug-likeness (QED) is 0.249. The topological polar surface area (TPSA) is 212 Å². The molecule has 0 radical (unpaired) electrons. The van der Waals surface area contributed by atoms with Crippen molar-refractivity contribution in [2.75, 3.05) is 0 Å².